The van der Waals surface area contributed by atoms with Gasteiger partial charge in [-0.05, 0) is 6.07 Å². The number of alkyl halides is 2. The van der Waals surface area contributed by atoms with Crippen molar-refractivity contribution >= 4 is 5.91 Å². The normalized spacial score (nSPS) is 14.7. The van der Waals surface area contributed by atoms with E-state index in [1.807, 2.05) is 0 Å². The lowest BCUT2D eigenvalue weighted by molar-refractivity contribution is -0.0528. The summed E-state index contributed by atoms with van der Waals surface area (Å²) in [5.41, 5.74) is 1.35. The predicted octanol–water partition coefficient (Wildman–Crippen LogP) is 1.19. The molecule has 0 saturated carbocycles. The molecule has 2 aromatic heterocycles. The van der Waals surface area contributed by atoms with Gasteiger partial charge in [-0.1, -0.05) is 0 Å². The first-order valence-corrected chi connectivity index (χ1v) is 7.37. The van der Waals surface area contributed by atoms with Gasteiger partial charge in [0.2, 0.25) is 5.88 Å². The highest BCUT2D eigenvalue weighted by Crippen LogP contribution is 2.18. The number of hydrogen-bond acceptors (Lipinski definition) is 6. The standard InChI is InChI=1S/C15H15F2N5O2/c16-15(17)24-13-2-1-10(7-21-13)11-8-20-12(9-19-11)14(23)22-5-3-18-4-6-22/h1-2,7-9,15,18H,3-6H2. The van der Waals surface area contributed by atoms with Gasteiger partial charge in [0.1, 0.15) is 5.69 Å². The molecule has 1 N–H and O–H groups in total. The van der Waals surface area contributed by atoms with Crippen LogP contribution in [-0.2, 0) is 0 Å². The van der Waals surface area contributed by atoms with Gasteiger partial charge < -0.3 is 15.0 Å². The maximum atomic E-state index is 12.3. The van der Waals surface area contributed by atoms with Crippen molar-refractivity contribution in [2.45, 2.75) is 6.61 Å². The molecule has 0 atom stereocenters. The number of halogens is 2. The van der Waals surface area contributed by atoms with E-state index in [1.165, 1.54) is 24.7 Å². The molecule has 0 radical (unpaired) electrons. The summed E-state index contributed by atoms with van der Waals surface area (Å²) in [6, 6.07) is 2.87. The van der Waals surface area contributed by atoms with Crippen LogP contribution in [0, 0.1) is 0 Å². The summed E-state index contributed by atoms with van der Waals surface area (Å²) in [7, 11) is 0. The molecule has 1 fully saturated rings. The smallest absolute Gasteiger partial charge is 0.388 e. The number of rotatable bonds is 4. The third-order valence-electron chi connectivity index (χ3n) is 3.52. The average molecular weight is 335 g/mol. The van der Waals surface area contributed by atoms with E-state index in [9.17, 15) is 13.6 Å². The summed E-state index contributed by atoms with van der Waals surface area (Å²) in [5.74, 6) is -0.332. The Balaban J connectivity index is 1.70. The zero-order valence-electron chi connectivity index (χ0n) is 12.7. The van der Waals surface area contributed by atoms with Crippen LogP contribution in [0.2, 0.25) is 0 Å². The summed E-state index contributed by atoms with van der Waals surface area (Å²) in [6.07, 6.45) is 4.23. The Morgan fingerprint density at radius 2 is 1.92 bits per heavy atom. The summed E-state index contributed by atoms with van der Waals surface area (Å²) < 4.78 is 28.4. The summed E-state index contributed by atoms with van der Waals surface area (Å²) in [5, 5.41) is 3.17. The molecule has 3 rings (SSSR count). The molecule has 0 unspecified atom stereocenters. The fourth-order valence-electron chi connectivity index (χ4n) is 2.31. The minimum absolute atomic E-state index is 0.158. The second-order valence-corrected chi connectivity index (χ2v) is 5.09. The minimum atomic E-state index is -2.92. The number of hydrogen-bond donors (Lipinski definition) is 1. The third-order valence-corrected chi connectivity index (χ3v) is 3.52. The first kappa shape index (κ1) is 16.2. The molecule has 0 aromatic carbocycles. The Bertz CT molecular complexity index is 688. The van der Waals surface area contributed by atoms with E-state index >= 15 is 0 Å². The van der Waals surface area contributed by atoms with Gasteiger partial charge in [0.15, 0.2) is 0 Å². The molecular weight excluding hydrogens is 320 g/mol. The summed E-state index contributed by atoms with van der Waals surface area (Å²) in [4.78, 5) is 26.1. The number of ether oxygens (including phenoxy) is 1. The van der Waals surface area contributed by atoms with Gasteiger partial charge in [-0.3, -0.25) is 9.78 Å². The lowest BCUT2D eigenvalue weighted by Gasteiger charge is -2.26. The Morgan fingerprint density at radius 3 is 2.50 bits per heavy atom. The number of nitrogens with one attached hydrogen (secondary N) is 1. The van der Waals surface area contributed by atoms with Crippen LogP contribution in [0.1, 0.15) is 10.5 Å². The van der Waals surface area contributed by atoms with Gasteiger partial charge in [-0.25, -0.2) is 9.97 Å². The quantitative estimate of drug-likeness (QED) is 0.904. The van der Waals surface area contributed by atoms with Crippen molar-refractivity contribution in [3.63, 3.8) is 0 Å². The Morgan fingerprint density at radius 1 is 1.12 bits per heavy atom. The molecule has 1 saturated heterocycles. The second-order valence-electron chi connectivity index (χ2n) is 5.09. The third kappa shape index (κ3) is 3.80. The minimum Gasteiger partial charge on any atom is -0.417 e. The topological polar surface area (TPSA) is 80.2 Å². The summed E-state index contributed by atoms with van der Waals surface area (Å²) in [6.45, 7) is -0.125. The van der Waals surface area contributed by atoms with E-state index in [-0.39, 0.29) is 17.5 Å². The summed E-state index contributed by atoms with van der Waals surface area (Å²) >= 11 is 0. The van der Waals surface area contributed by atoms with Crippen molar-refractivity contribution in [2.75, 3.05) is 26.2 Å². The highest BCUT2D eigenvalue weighted by atomic mass is 19.3. The first-order chi connectivity index (χ1) is 11.6. The molecule has 0 bridgehead atoms. The molecule has 1 aliphatic heterocycles. The molecule has 0 spiro atoms. The van der Waals surface area contributed by atoms with Crippen LogP contribution < -0.4 is 10.1 Å². The van der Waals surface area contributed by atoms with Gasteiger partial charge in [0.05, 0.1) is 18.1 Å². The van der Waals surface area contributed by atoms with Crippen LogP contribution in [0.4, 0.5) is 8.78 Å². The number of carbonyl (C=O) groups excluding carboxylic acids is 1. The van der Waals surface area contributed by atoms with E-state index in [1.54, 1.807) is 11.0 Å². The zero-order chi connectivity index (χ0) is 16.9. The molecule has 24 heavy (non-hydrogen) atoms. The van der Waals surface area contributed by atoms with Crippen molar-refractivity contribution in [2.24, 2.45) is 0 Å². The van der Waals surface area contributed by atoms with Crippen molar-refractivity contribution in [1.29, 1.82) is 0 Å². The first-order valence-electron chi connectivity index (χ1n) is 7.37. The highest BCUT2D eigenvalue weighted by Gasteiger charge is 2.19. The van der Waals surface area contributed by atoms with Crippen LogP contribution in [0.25, 0.3) is 11.3 Å². The SMILES string of the molecule is O=C(c1cnc(-c2ccc(OC(F)F)nc2)cn1)N1CCNCC1. The van der Waals surface area contributed by atoms with Crippen LogP contribution >= 0.6 is 0 Å². The van der Waals surface area contributed by atoms with E-state index in [4.69, 9.17) is 0 Å². The molecule has 9 heteroatoms. The average Bonchev–Trinajstić information content (AvgIpc) is 2.62. The number of aromatic nitrogens is 3. The Hall–Kier alpha value is -2.68. The number of amides is 1. The molecular formula is C15H15F2N5O2. The number of pyridine rings is 1. The largest absolute Gasteiger partial charge is 0.417 e. The highest BCUT2D eigenvalue weighted by molar-refractivity contribution is 5.92. The molecule has 126 valence electrons. The fourth-order valence-corrected chi connectivity index (χ4v) is 2.31. The fraction of sp³-hybridized carbons (Fsp3) is 0.333. The van der Waals surface area contributed by atoms with Crippen molar-refractivity contribution < 1.29 is 18.3 Å². The van der Waals surface area contributed by atoms with Crippen molar-refractivity contribution in [3.05, 3.63) is 36.4 Å². The molecule has 0 aliphatic carbocycles. The van der Waals surface area contributed by atoms with Crippen LogP contribution in [0.15, 0.2) is 30.7 Å². The maximum absolute atomic E-state index is 12.3. The molecule has 7 nitrogen and oxygen atoms in total. The van der Waals surface area contributed by atoms with Gasteiger partial charge in [-0.2, -0.15) is 8.78 Å². The van der Waals surface area contributed by atoms with Gasteiger partial charge in [-0.15, -0.1) is 0 Å². The number of nitrogens with zero attached hydrogens (tertiary/aromatic N) is 4. The van der Waals surface area contributed by atoms with E-state index in [0.717, 1.165) is 13.1 Å². The maximum Gasteiger partial charge on any atom is 0.388 e. The molecule has 1 amide bonds. The van der Waals surface area contributed by atoms with E-state index < -0.39 is 6.61 Å². The predicted molar refractivity (Wildman–Crippen MR) is 80.7 cm³/mol. The van der Waals surface area contributed by atoms with Gasteiger partial charge >= 0.3 is 6.61 Å². The second kappa shape index (κ2) is 7.26. The Labute approximate surface area is 136 Å². The van der Waals surface area contributed by atoms with Crippen molar-refractivity contribution in [1.82, 2.24) is 25.2 Å². The number of carbonyl (C=O) groups is 1. The zero-order valence-corrected chi connectivity index (χ0v) is 12.7. The molecule has 2 aromatic rings. The molecule has 3 heterocycles. The van der Waals surface area contributed by atoms with E-state index in [2.05, 4.69) is 25.0 Å². The van der Waals surface area contributed by atoms with Crippen LogP contribution in [0.3, 0.4) is 0 Å². The van der Waals surface area contributed by atoms with Crippen LogP contribution in [-0.4, -0.2) is 58.5 Å². The molecule has 1 aliphatic rings. The monoisotopic (exact) mass is 335 g/mol. The number of piperazine rings is 1. The van der Waals surface area contributed by atoms with Crippen molar-refractivity contribution in [3.8, 4) is 17.1 Å². The van der Waals surface area contributed by atoms with E-state index in [0.29, 0.717) is 24.3 Å². The lowest BCUT2D eigenvalue weighted by atomic mass is 10.2. The van der Waals surface area contributed by atoms with Gasteiger partial charge in [0, 0.05) is 44.0 Å². The lowest BCUT2D eigenvalue weighted by Crippen LogP contribution is -2.46. The van der Waals surface area contributed by atoms with Crippen LogP contribution in [0.5, 0.6) is 5.88 Å². The Kier molecular flexibility index (Phi) is 4.90. The van der Waals surface area contributed by atoms with Gasteiger partial charge in [0.25, 0.3) is 5.91 Å².